The van der Waals surface area contributed by atoms with Crippen molar-refractivity contribution >= 4 is 33.7 Å². The van der Waals surface area contributed by atoms with Crippen molar-refractivity contribution in [3.63, 3.8) is 0 Å². The molecule has 0 aromatic carbocycles. The molecule has 1 aliphatic rings. The summed E-state index contributed by atoms with van der Waals surface area (Å²) in [5.41, 5.74) is 0.541. The first kappa shape index (κ1) is 29.6. The number of unbranched alkanes of at least 4 members (excludes halogenated alkanes) is 1. The second kappa shape index (κ2) is 13.4. The summed E-state index contributed by atoms with van der Waals surface area (Å²) in [4.78, 5) is 46.7. The monoisotopic (exact) mass is 506 g/mol. The number of rotatable bonds is 12. The molecule has 1 heterocycles. The molecule has 0 spiro atoms. The number of carbonyl (C=O) groups is 4. The van der Waals surface area contributed by atoms with E-state index in [4.69, 9.17) is 23.7 Å². The molecule has 34 heavy (non-hydrogen) atoms. The summed E-state index contributed by atoms with van der Waals surface area (Å²) in [6.07, 6.45) is -4.50. The van der Waals surface area contributed by atoms with Crippen molar-refractivity contribution in [2.75, 3.05) is 18.1 Å². The minimum absolute atomic E-state index is 0.0643. The average molecular weight is 507 g/mol. The zero-order chi connectivity index (χ0) is 26.1. The van der Waals surface area contributed by atoms with Crippen molar-refractivity contribution < 1.29 is 51.3 Å². The Kier molecular flexibility index (Phi) is 11.7. The Balaban J connectivity index is 3.13. The number of sulfone groups is 1. The van der Waals surface area contributed by atoms with Gasteiger partial charge >= 0.3 is 23.9 Å². The summed E-state index contributed by atoms with van der Waals surface area (Å²) in [6, 6.07) is 0. The first-order valence-corrected chi connectivity index (χ1v) is 12.7. The first-order valence-electron chi connectivity index (χ1n) is 10.9. The fraction of sp³-hybridized carbons (Fsp3) is 0.727. The lowest BCUT2D eigenvalue weighted by Gasteiger charge is -2.44. The molecule has 0 aliphatic carbocycles. The highest BCUT2D eigenvalue weighted by Crippen LogP contribution is 2.31. The molecule has 11 nitrogen and oxygen atoms in total. The molecule has 12 heteroatoms. The normalized spacial score (nSPS) is 24.6. The van der Waals surface area contributed by atoms with Gasteiger partial charge in [-0.1, -0.05) is 12.2 Å². The molecule has 5 atom stereocenters. The maximum absolute atomic E-state index is 12.1. The van der Waals surface area contributed by atoms with Gasteiger partial charge in [0.1, 0.15) is 12.7 Å². The van der Waals surface area contributed by atoms with E-state index in [1.807, 2.05) is 0 Å². The van der Waals surface area contributed by atoms with Gasteiger partial charge in [-0.25, -0.2) is 8.42 Å². The van der Waals surface area contributed by atoms with E-state index in [1.54, 1.807) is 6.92 Å². The predicted molar refractivity (Wildman–Crippen MR) is 119 cm³/mol. The molecule has 194 valence electrons. The average Bonchev–Trinajstić information content (AvgIpc) is 2.65. The van der Waals surface area contributed by atoms with Gasteiger partial charge in [0.25, 0.3) is 0 Å². The number of esters is 4. The molecule has 0 bridgehead atoms. The molecule has 1 unspecified atom stereocenters. The quantitative estimate of drug-likeness (QED) is 0.163. The maximum Gasteiger partial charge on any atom is 0.303 e. The van der Waals surface area contributed by atoms with Gasteiger partial charge < -0.3 is 23.7 Å². The molecule has 0 aromatic heterocycles. The van der Waals surface area contributed by atoms with Gasteiger partial charge in [-0.15, -0.1) is 0 Å². The van der Waals surface area contributed by atoms with E-state index >= 15 is 0 Å². The third-order valence-corrected chi connectivity index (χ3v) is 6.59. The Labute approximate surface area is 200 Å². The van der Waals surface area contributed by atoms with Gasteiger partial charge in [0.2, 0.25) is 0 Å². The summed E-state index contributed by atoms with van der Waals surface area (Å²) >= 11 is 0. The third-order valence-electron chi connectivity index (χ3n) is 4.75. The molecule has 0 radical (unpaired) electrons. The lowest BCUT2D eigenvalue weighted by molar-refractivity contribution is -0.253. The number of hydrogen-bond acceptors (Lipinski definition) is 11. The Hall–Kier alpha value is -2.47. The Morgan fingerprint density at radius 3 is 1.74 bits per heavy atom. The SMILES string of the molecule is C=C(C)CS(=O)(=O)CCCCC1O[C@H](COC(C)=O)[C@@H](OC(C)=O)[C@H](OC(C)=O)[C@H]1OC(C)=O. The van der Waals surface area contributed by atoms with Gasteiger partial charge in [0.05, 0.1) is 17.6 Å². The molecular formula is C22H34O11S. The second-order valence-corrected chi connectivity index (χ2v) is 10.5. The van der Waals surface area contributed by atoms with Crippen LogP contribution in [0.15, 0.2) is 12.2 Å². The van der Waals surface area contributed by atoms with E-state index in [-0.39, 0.29) is 24.5 Å². The van der Waals surface area contributed by atoms with Gasteiger partial charge in [0, 0.05) is 27.7 Å². The van der Waals surface area contributed by atoms with Crippen LogP contribution in [0.25, 0.3) is 0 Å². The summed E-state index contributed by atoms with van der Waals surface area (Å²) in [5.74, 6) is -2.87. The van der Waals surface area contributed by atoms with Gasteiger partial charge in [-0.2, -0.15) is 0 Å². The van der Waals surface area contributed by atoms with Crippen molar-refractivity contribution in [3.05, 3.63) is 12.2 Å². The molecular weight excluding hydrogens is 472 g/mol. The van der Waals surface area contributed by atoms with Crippen molar-refractivity contribution in [3.8, 4) is 0 Å². The van der Waals surface area contributed by atoms with Crippen molar-refractivity contribution in [1.29, 1.82) is 0 Å². The second-order valence-electron chi connectivity index (χ2n) is 8.28. The van der Waals surface area contributed by atoms with Crippen LogP contribution in [-0.4, -0.2) is 80.9 Å². The summed E-state index contributed by atoms with van der Waals surface area (Å²) in [6.45, 7) is 9.59. The fourth-order valence-electron chi connectivity index (χ4n) is 3.67. The van der Waals surface area contributed by atoms with Crippen LogP contribution >= 0.6 is 0 Å². The highest BCUT2D eigenvalue weighted by atomic mass is 32.2. The van der Waals surface area contributed by atoms with Gasteiger partial charge in [-0.05, 0) is 26.2 Å². The third kappa shape index (κ3) is 10.6. The topological polar surface area (TPSA) is 149 Å². The van der Waals surface area contributed by atoms with Crippen molar-refractivity contribution in [1.82, 2.24) is 0 Å². The fourth-order valence-corrected chi connectivity index (χ4v) is 5.20. The molecule has 0 saturated carbocycles. The molecule has 0 N–H and O–H groups in total. The molecule has 0 aromatic rings. The smallest absolute Gasteiger partial charge is 0.303 e. The van der Waals surface area contributed by atoms with Gasteiger partial charge in [0.15, 0.2) is 28.1 Å². The van der Waals surface area contributed by atoms with Crippen LogP contribution in [0.3, 0.4) is 0 Å². The molecule has 0 amide bonds. The van der Waals surface area contributed by atoms with Crippen LogP contribution in [-0.2, 0) is 52.7 Å². The molecule has 1 rings (SSSR count). The van der Waals surface area contributed by atoms with E-state index < -0.39 is 64.2 Å². The van der Waals surface area contributed by atoms with E-state index in [2.05, 4.69) is 6.58 Å². The Bertz CT molecular complexity index is 864. The van der Waals surface area contributed by atoms with E-state index in [0.717, 1.165) is 20.8 Å². The summed E-state index contributed by atoms with van der Waals surface area (Å²) in [7, 11) is -3.30. The molecule has 1 aliphatic heterocycles. The standard InChI is InChI=1S/C22H34O11S/c1-13(2)12-34(27,28)10-8-7-9-18-20(30-15(4)24)22(32-17(6)26)21(31-16(5)25)19(33-18)11-29-14(3)23/h18-22H,1,7-12H2,2-6H3/t18?,19-,20+,21-,22-/m1/s1. The molecule has 1 fully saturated rings. The highest BCUT2D eigenvalue weighted by molar-refractivity contribution is 7.91. The van der Waals surface area contributed by atoms with Crippen LogP contribution in [0.5, 0.6) is 0 Å². The predicted octanol–water partition coefficient (Wildman–Crippen LogP) is 1.27. The minimum atomic E-state index is -3.30. The number of hydrogen-bond donors (Lipinski definition) is 0. The van der Waals surface area contributed by atoms with E-state index in [9.17, 15) is 27.6 Å². The maximum atomic E-state index is 12.1. The Morgan fingerprint density at radius 2 is 1.26 bits per heavy atom. The summed E-state index contributed by atoms with van der Waals surface area (Å²) in [5, 5.41) is 0. The number of ether oxygens (including phenoxy) is 5. The highest BCUT2D eigenvalue weighted by Gasteiger charge is 2.51. The minimum Gasteiger partial charge on any atom is -0.463 e. The largest absolute Gasteiger partial charge is 0.463 e. The zero-order valence-corrected chi connectivity index (χ0v) is 21.1. The molecule has 1 saturated heterocycles. The van der Waals surface area contributed by atoms with E-state index in [1.165, 1.54) is 6.92 Å². The van der Waals surface area contributed by atoms with Crippen LogP contribution in [0.2, 0.25) is 0 Å². The van der Waals surface area contributed by atoms with Crippen molar-refractivity contribution in [2.24, 2.45) is 0 Å². The van der Waals surface area contributed by atoms with Crippen LogP contribution < -0.4 is 0 Å². The lowest BCUT2D eigenvalue weighted by Crippen LogP contribution is -2.62. The van der Waals surface area contributed by atoms with E-state index in [0.29, 0.717) is 18.4 Å². The van der Waals surface area contributed by atoms with Gasteiger partial charge in [-0.3, -0.25) is 19.2 Å². The van der Waals surface area contributed by atoms with Crippen LogP contribution in [0.4, 0.5) is 0 Å². The summed E-state index contributed by atoms with van der Waals surface area (Å²) < 4.78 is 51.3. The lowest BCUT2D eigenvalue weighted by atomic mass is 9.91. The van der Waals surface area contributed by atoms with Crippen LogP contribution in [0, 0.1) is 0 Å². The number of carbonyl (C=O) groups excluding carboxylic acids is 4. The first-order chi connectivity index (χ1) is 15.7. The van der Waals surface area contributed by atoms with Crippen molar-refractivity contribution in [2.45, 2.75) is 84.4 Å². The van der Waals surface area contributed by atoms with Crippen LogP contribution in [0.1, 0.15) is 53.9 Å². The zero-order valence-electron chi connectivity index (χ0n) is 20.2. The Morgan fingerprint density at radius 1 is 0.765 bits per heavy atom.